The van der Waals surface area contributed by atoms with E-state index in [1.165, 1.54) is 6.08 Å². The van der Waals surface area contributed by atoms with Crippen molar-refractivity contribution in [1.82, 2.24) is 0 Å². The molecule has 2 aliphatic rings. The molecule has 2 aliphatic carbocycles. The molecule has 1 aromatic rings. The van der Waals surface area contributed by atoms with Crippen LogP contribution in [0.3, 0.4) is 0 Å². The lowest BCUT2D eigenvalue weighted by atomic mass is 9.45. The maximum Gasteiger partial charge on any atom is 0.331 e. The number of benzene rings is 1. The summed E-state index contributed by atoms with van der Waals surface area (Å²) < 4.78 is 10.9. The van der Waals surface area contributed by atoms with Gasteiger partial charge in [0.1, 0.15) is 24.4 Å². The molecule has 0 aromatic heterocycles. The number of ether oxygens (including phenoxy) is 2. The van der Waals surface area contributed by atoms with Crippen molar-refractivity contribution in [1.29, 1.82) is 0 Å². The monoisotopic (exact) mass is 426 g/mol. The molecule has 0 amide bonds. The topological polar surface area (TPSA) is 89.9 Å². The SMILES string of the molecule is COc1ccc(/C=C/C(=O)O[C@@H]2CCC(C)(C)[C@]3(O)CC=C(C=O)[C@H](C=O)[C@@]23C)cc1. The Balaban J connectivity index is 1.88. The van der Waals surface area contributed by atoms with E-state index in [0.29, 0.717) is 36.7 Å². The van der Waals surface area contributed by atoms with Gasteiger partial charge < -0.3 is 19.4 Å². The number of fused-ring (bicyclic) bond motifs is 1. The van der Waals surface area contributed by atoms with Gasteiger partial charge in [-0.1, -0.05) is 39.0 Å². The van der Waals surface area contributed by atoms with Gasteiger partial charge in [0.05, 0.1) is 18.6 Å². The third-order valence-corrected chi connectivity index (χ3v) is 7.41. The third-order valence-electron chi connectivity index (χ3n) is 7.41. The fourth-order valence-corrected chi connectivity index (χ4v) is 5.27. The first-order valence-corrected chi connectivity index (χ1v) is 10.5. The van der Waals surface area contributed by atoms with E-state index >= 15 is 0 Å². The number of allylic oxidation sites excluding steroid dienone is 1. The van der Waals surface area contributed by atoms with Gasteiger partial charge in [0.25, 0.3) is 0 Å². The number of hydrogen-bond acceptors (Lipinski definition) is 6. The van der Waals surface area contributed by atoms with E-state index in [-0.39, 0.29) is 6.42 Å². The zero-order chi connectivity index (χ0) is 22.9. The molecule has 31 heavy (non-hydrogen) atoms. The fraction of sp³-hybridized carbons (Fsp3) is 0.480. The van der Waals surface area contributed by atoms with Crippen molar-refractivity contribution >= 4 is 24.6 Å². The standard InChI is InChI=1S/C25H30O6/c1-23(2)13-12-21(24(3)20(16-27)18(15-26)11-14-25(23,24)29)31-22(28)10-7-17-5-8-19(30-4)9-6-17/h5-11,15-16,20-21,29H,12-14H2,1-4H3/b10-7+/t20-,21+,24-,25+/m0/s1. The highest BCUT2D eigenvalue weighted by atomic mass is 16.5. The maximum atomic E-state index is 12.6. The first-order chi connectivity index (χ1) is 14.6. The highest BCUT2D eigenvalue weighted by molar-refractivity contribution is 5.87. The van der Waals surface area contributed by atoms with Crippen LogP contribution in [-0.2, 0) is 19.1 Å². The van der Waals surface area contributed by atoms with Gasteiger partial charge in [-0.3, -0.25) is 4.79 Å². The second kappa shape index (κ2) is 8.42. The van der Waals surface area contributed by atoms with Crippen molar-refractivity contribution in [3.8, 4) is 5.75 Å². The smallest absolute Gasteiger partial charge is 0.331 e. The Morgan fingerprint density at radius 3 is 2.42 bits per heavy atom. The molecule has 0 heterocycles. The Morgan fingerprint density at radius 1 is 1.16 bits per heavy atom. The van der Waals surface area contributed by atoms with Gasteiger partial charge in [0.2, 0.25) is 0 Å². The molecular formula is C25H30O6. The second-order valence-corrected chi connectivity index (χ2v) is 9.24. The Labute approximate surface area is 182 Å². The van der Waals surface area contributed by atoms with Crippen molar-refractivity contribution in [2.45, 2.75) is 51.7 Å². The number of hydrogen-bond donors (Lipinski definition) is 1. The minimum Gasteiger partial charge on any atom is -0.497 e. The van der Waals surface area contributed by atoms with Gasteiger partial charge in [-0.15, -0.1) is 0 Å². The lowest BCUT2D eigenvalue weighted by molar-refractivity contribution is -0.245. The predicted molar refractivity (Wildman–Crippen MR) is 116 cm³/mol. The van der Waals surface area contributed by atoms with E-state index in [1.807, 2.05) is 26.0 Å². The highest BCUT2D eigenvalue weighted by Crippen LogP contribution is 2.62. The molecule has 1 fully saturated rings. The molecule has 6 heteroatoms. The molecule has 4 atom stereocenters. The second-order valence-electron chi connectivity index (χ2n) is 9.24. The summed E-state index contributed by atoms with van der Waals surface area (Å²) >= 11 is 0. The predicted octanol–water partition coefficient (Wildman–Crippen LogP) is 3.52. The molecule has 6 nitrogen and oxygen atoms in total. The van der Waals surface area contributed by atoms with Crippen LogP contribution in [0.5, 0.6) is 5.75 Å². The van der Waals surface area contributed by atoms with Crippen LogP contribution < -0.4 is 4.74 Å². The number of methoxy groups -OCH3 is 1. The average molecular weight is 427 g/mol. The molecular weight excluding hydrogens is 396 g/mol. The van der Waals surface area contributed by atoms with Gasteiger partial charge in [-0.25, -0.2) is 4.79 Å². The first-order valence-electron chi connectivity index (χ1n) is 10.5. The Kier molecular flexibility index (Phi) is 6.23. The van der Waals surface area contributed by atoms with Crippen LogP contribution in [0.4, 0.5) is 0 Å². The molecule has 0 spiro atoms. The van der Waals surface area contributed by atoms with Crippen LogP contribution in [-0.4, -0.2) is 42.5 Å². The fourth-order valence-electron chi connectivity index (χ4n) is 5.27. The van der Waals surface area contributed by atoms with Crippen molar-refractivity contribution in [2.24, 2.45) is 16.7 Å². The van der Waals surface area contributed by atoms with E-state index in [0.717, 1.165) is 5.56 Å². The van der Waals surface area contributed by atoms with Gasteiger partial charge in [0.15, 0.2) is 0 Å². The van der Waals surface area contributed by atoms with Crippen LogP contribution in [0, 0.1) is 16.7 Å². The van der Waals surface area contributed by atoms with Crippen molar-refractivity contribution in [3.63, 3.8) is 0 Å². The van der Waals surface area contributed by atoms with Crippen LogP contribution >= 0.6 is 0 Å². The largest absolute Gasteiger partial charge is 0.497 e. The molecule has 1 N–H and O–H groups in total. The Morgan fingerprint density at radius 2 is 1.84 bits per heavy atom. The van der Waals surface area contributed by atoms with Crippen LogP contribution in [0.1, 0.15) is 45.6 Å². The summed E-state index contributed by atoms with van der Waals surface area (Å²) in [6.45, 7) is 5.66. The van der Waals surface area contributed by atoms with Gasteiger partial charge in [0, 0.05) is 11.5 Å². The summed E-state index contributed by atoms with van der Waals surface area (Å²) in [6, 6.07) is 7.21. The minimum absolute atomic E-state index is 0.227. The van der Waals surface area contributed by atoms with E-state index in [2.05, 4.69) is 0 Å². The third kappa shape index (κ3) is 3.74. The molecule has 0 unspecified atom stereocenters. The van der Waals surface area contributed by atoms with Crippen LogP contribution in [0.2, 0.25) is 0 Å². The summed E-state index contributed by atoms with van der Waals surface area (Å²) in [5.74, 6) is -0.698. The van der Waals surface area contributed by atoms with E-state index in [9.17, 15) is 19.5 Å². The quantitative estimate of drug-likeness (QED) is 0.425. The lowest BCUT2D eigenvalue weighted by Gasteiger charge is -2.63. The number of aliphatic hydroxyl groups is 1. The molecule has 0 radical (unpaired) electrons. The number of carbonyl (C=O) groups is 3. The van der Waals surface area contributed by atoms with Gasteiger partial charge in [-0.05, 0) is 54.0 Å². The Bertz CT molecular complexity index is 912. The Hall–Kier alpha value is -2.73. The van der Waals surface area contributed by atoms with E-state index in [1.54, 1.807) is 38.3 Å². The maximum absolute atomic E-state index is 12.6. The number of rotatable bonds is 6. The molecule has 166 valence electrons. The average Bonchev–Trinajstić information content (AvgIpc) is 2.76. The van der Waals surface area contributed by atoms with Gasteiger partial charge in [-0.2, -0.15) is 0 Å². The zero-order valence-electron chi connectivity index (χ0n) is 18.5. The number of esters is 1. The summed E-state index contributed by atoms with van der Waals surface area (Å²) in [5.41, 5.74) is -1.81. The summed E-state index contributed by atoms with van der Waals surface area (Å²) in [6.07, 6.45) is 6.59. The zero-order valence-corrected chi connectivity index (χ0v) is 18.5. The molecule has 0 bridgehead atoms. The summed E-state index contributed by atoms with van der Waals surface area (Å²) in [4.78, 5) is 36.3. The van der Waals surface area contributed by atoms with Crippen molar-refractivity contribution < 1.29 is 29.0 Å². The van der Waals surface area contributed by atoms with Crippen LogP contribution in [0.15, 0.2) is 42.0 Å². The molecule has 0 saturated heterocycles. The lowest BCUT2D eigenvalue weighted by Crippen LogP contribution is -2.69. The first kappa shape index (κ1) is 22.9. The van der Waals surface area contributed by atoms with Crippen molar-refractivity contribution in [2.75, 3.05) is 7.11 Å². The van der Waals surface area contributed by atoms with Crippen LogP contribution in [0.25, 0.3) is 6.08 Å². The minimum atomic E-state index is -1.30. The highest BCUT2D eigenvalue weighted by Gasteiger charge is 2.67. The summed E-state index contributed by atoms with van der Waals surface area (Å²) in [7, 11) is 1.58. The van der Waals surface area contributed by atoms with Gasteiger partial charge >= 0.3 is 5.97 Å². The summed E-state index contributed by atoms with van der Waals surface area (Å²) in [5, 5.41) is 11.8. The van der Waals surface area contributed by atoms with E-state index < -0.39 is 34.4 Å². The molecule has 3 rings (SSSR count). The van der Waals surface area contributed by atoms with Crippen molar-refractivity contribution in [3.05, 3.63) is 47.6 Å². The number of aldehydes is 2. The normalized spacial score (nSPS) is 32.0. The molecule has 1 aromatic carbocycles. The van der Waals surface area contributed by atoms with E-state index in [4.69, 9.17) is 9.47 Å². The molecule has 1 saturated carbocycles. The molecule has 0 aliphatic heterocycles. The number of carbonyl (C=O) groups excluding carboxylic acids is 3.